The van der Waals surface area contributed by atoms with Gasteiger partial charge in [0.05, 0.1) is 18.3 Å². The zero-order valence-corrected chi connectivity index (χ0v) is 15.0. The van der Waals surface area contributed by atoms with Gasteiger partial charge in [-0.1, -0.05) is 38.5 Å². The van der Waals surface area contributed by atoms with Gasteiger partial charge in [-0.3, -0.25) is 0 Å². The van der Waals surface area contributed by atoms with E-state index in [0.717, 1.165) is 30.4 Å². The predicted molar refractivity (Wildman–Crippen MR) is 91.8 cm³/mol. The van der Waals surface area contributed by atoms with E-state index in [9.17, 15) is 15.3 Å². The number of rotatable bonds is 0. The van der Waals surface area contributed by atoms with E-state index in [1.807, 2.05) is 6.92 Å². The smallest absolute Gasteiger partial charge is 0.0764 e. The van der Waals surface area contributed by atoms with Crippen LogP contribution in [-0.2, 0) is 0 Å². The highest BCUT2D eigenvalue weighted by Crippen LogP contribution is 2.58. The van der Waals surface area contributed by atoms with Crippen LogP contribution in [0.4, 0.5) is 0 Å². The lowest BCUT2D eigenvalue weighted by Gasteiger charge is -2.57. The summed E-state index contributed by atoms with van der Waals surface area (Å²) in [5.41, 5.74) is 2.67. The molecule has 2 saturated carbocycles. The second-order valence-electron chi connectivity index (χ2n) is 8.97. The third kappa shape index (κ3) is 2.35. The minimum Gasteiger partial charge on any atom is -0.393 e. The van der Waals surface area contributed by atoms with Crippen molar-refractivity contribution >= 4 is 0 Å². The molecule has 0 aromatic heterocycles. The molecular weight excluding hydrogens is 288 g/mol. The van der Waals surface area contributed by atoms with Gasteiger partial charge < -0.3 is 15.3 Å². The fourth-order valence-electron chi connectivity index (χ4n) is 6.06. The highest BCUT2D eigenvalue weighted by atomic mass is 16.3. The van der Waals surface area contributed by atoms with Gasteiger partial charge in [0.15, 0.2) is 0 Å². The maximum atomic E-state index is 11.3. The van der Waals surface area contributed by atoms with Crippen LogP contribution >= 0.6 is 0 Å². The van der Waals surface area contributed by atoms with Gasteiger partial charge >= 0.3 is 0 Å². The van der Waals surface area contributed by atoms with Crippen molar-refractivity contribution < 1.29 is 15.3 Å². The van der Waals surface area contributed by atoms with Crippen LogP contribution in [0.5, 0.6) is 0 Å². The maximum Gasteiger partial charge on any atom is 0.0764 e. The topological polar surface area (TPSA) is 60.7 Å². The van der Waals surface area contributed by atoms with Crippen molar-refractivity contribution in [2.45, 2.75) is 78.1 Å². The fourth-order valence-corrected chi connectivity index (χ4v) is 6.06. The molecule has 0 saturated heterocycles. The van der Waals surface area contributed by atoms with Crippen LogP contribution in [0.2, 0.25) is 0 Å². The number of aliphatic hydroxyl groups is 3. The molecule has 6 atom stereocenters. The zero-order valence-electron chi connectivity index (χ0n) is 15.0. The van der Waals surface area contributed by atoms with Gasteiger partial charge in [-0.15, -0.1) is 0 Å². The first kappa shape index (κ1) is 17.2. The summed E-state index contributed by atoms with van der Waals surface area (Å²) in [6.07, 6.45) is 2.27. The predicted octanol–water partition coefficient (Wildman–Crippen LogP) is 3.20. The molecule has 0 aromatic rings. The van der Waals surface area contributed by atoms with Crippen LogP contribution < -0.4 is 0 Å². The molecular formula is C20H32O3. The van der Waals surface area contributed by atoms with Crippen LogP contribution in [0.3, 0.4) is 0 Å². The number of hydrogen-bond acceptors (Lipinski definition) is 3. The molecule has 3 heteroatoms. The molecule has 2 bridgehead atoms. The molecule has 0 amide bonds. The lowest BCUT2D eigenvalue weighted by Crippen LogP contribution is -2.57. The number of aliphatic hydroxyl groups excluding tert-OH is 3. The largest absolute Gasteiger partial charge is 0.393 e. The standard InChI is InChI=1S/C20H32O3/c1-11-6-8-13-18(23)17-12(2)7-9-15(22)20(17,5)10-14(21)16(11)19(13,3)4/h13-15,17-18,21-23H,2,6-10H2,1,3-5H3/t13-,14-,15-,17-,18+,20+/m0/s1. The lowest BCUT2D eigenvalue weighted by molar-refractivity contribution is -0.123. The average molecular weight is 320 g/mol. The minimum absolute atomic E-state index is 0.0996. The molecule has 23 heavy (non-hydrogen) atoms. The SMILES string of the molecule is C=C1CC[C@H](O)[C@@]2(C)C[C@H](O)C3=C(C)CC[C@@H]([C@@H](O)[C@H]12)C3(C)C. The minimum atomic E-state index is -0.548. The highest BCUT2D eigenvalue weighted by molar-refractivity contribution is 5.32. The van der Waals surface area contributed by atoms with Crippen LogP contribution in [0, 0.1) is 22.7 Å². The fraction of sp³-hybridized carbons (Fsp3) is 0.800. The first-order valence-electron chi connectivity index (χ1n) is 9.02. The molecule has 2 fully saturated rings. The Kier molecular flexibility index (Phi) is 4.06. The Labute approximate surface area is 140 Å². The molecule has 3 N–H and O–H groups in total. The second-order valence-corrected chi connectivity index (χ2v) is 8.97. The molecule has 0 unspecified atom stereocenters. The van der Waals surface area contributed by atoms with Crippen molar-refractivity contribution in [1.29, 1.82) is 0 Å². The van der Waals surface area contributed by atoms with Crippen LogP contribution in [0.1, 0.15) is 59.8 Å². The van der Waals surface area contributed by atoms with Crippen molar-refractivity contribution in [3.8, 4) is 0 Å². The molecule has 0 aliphatic heterocycles. The van der Waals surface area contributed by atoms with E-state index < -0.39 is 23.7 Å². The van der Waals surface area contributed by atoms with Crippen molar-refractivity contribution in [2.75, 3.05) is 0 Å². The molecule has 0 heterocycles. The summed E-state index contributed by atoms with van der Waals surface area (Å²) in [4.78, 5) is 0. The summed E-state index contributed by atoms with van der Waals surface area (Å²) in [5, 5.41) is 33.1. The third-order valence-electron chi connectivity index (χ3n) is 7.28. The number of hydrogen-bond donors (Lipinski definition) is 3. The van der Waals surface area contributed by atoms with E-state index >= 15 is 0 Å². The van der Waals surface area contributed by atoms with E-state index in [1.165, 1.54) is 5.57 Å². The second kappa shape index (κ2) is 5.44. The van der Waals surface area contributed by atoms with Crippen molar-refractivity contribution in [2.24, 2.45) is 22.7 Å². The Bertz CT molecular complexity index is 547. The Morgan fingerprint density at radius 3 is 2.35 bits per heavy atom. The molecule has 3 nitrogen and oxygen atoms in total. The molecule has 0 radical (unpaired) electrons. The van der Waals surface area contributed by atoms with E-state index in [1.54, 1.807) is 0 Å². The summed E-state index contributed by atoms with van der Waals surface area (Å²) in [5.74, 6) is -0.0346. The van der Waals surface area contributed by atoms with Crippen molar-refractivity contribution in [3.63, 3.8) is 0 Å². The van der Waals surface area contributed by atoms with Crippen molar-refractivity contribution in [3.05, 3.63) is 23.3 Å². The summed E-state index contributed by atoms with van der Waals surface area (Å²) >= 11 is 0. The molecule has 3 aliphatic rings. The van der Waals surface area contributed by atoms with Crippen LogP contribution in [0.15, 0.2) is 23.3 Å². The maximum absolute atomic E-state index is 11.3. The Morgan fingerprint density at radius 2 is 1.70 bits per heavy atom. The molecule has 0 spiro atoms. The van der Waals surface area contributed by atoms with Crippen molar-refractivity contribution in [1.82, 2.24) is 0 Å². The summed E-state index contributed by atoms with van der Waals surface area (Å²) in [6, 6.07) is 0. The normalized spacial score (nSPS) is 46.9. The number of allylic oxidation sites excluding steroid dienone is 1. The van der Waals surface area contributed by atoms with Gasteiger partial charge in [-0.05, 0) is 55.9 Å². The first-order chi connectivity index (χ1) is 10.6. The van der Waals surface area contributed by atoms with E-state index in [4.69, 9.17) is 0 Å². The summed E-state index contributed by atoms with van der Waals surface area (Å²) in [7, 11) is 0. The van der Waals surface area contributed by atoms with Crippen LogP contribution in [-0.4, -0.2) is 33.6 Å². The quantitative estimate of drug-likeness (QED) is 0.601. The summed E-state index contributed by atoms with van der Waals surface area (Å²) in [6.45, 7) is 12.7. The molecule has 0 aromatic carbocycles. The zero-order chi connectivity index (χ0) is 17.2. The van der Waals surface area contributed by atoms with Crippen LogP contribution in [0.25, 0.3) is 0 Å². The Hall–Kier alpha value is -0.640. The lowest BCUT2D eigenvalue weighted by atomic mass is 9.50. The van der Waals surface area contributed by atoms with E-state index in [0.29, 0.717) is 12.8 Å². The Morgan fingerprint density at radius 1 is 1.04 bits per heavy atom. The van der Waals surface area contributed by atoms with Gasteiger partial charge in [0.25, 0.3) is 0 Å². The molecule has 3 rings (SSSR count). The molecule has 130 valence electrons. The molecule has 3 aliphatic carbocycles. The summed E-state index contributed by atoms with van der Waals surface area (Å²) < 4.78 is 0. The van der Waals surface area contributed by atoms with E-state index in [-0.39, 0.29) is 17.3 Å². The monoisotopic (exact) mass is 320 g/mol. The average Bonchev–Trinajstić information content (AvgIpc) is 2.41. The van der Waals surface area contributed by atoms with E-state index in [2.05, 4.69) is 27.4 Å². The first-order valence-corrected chi connectivity index (χ1v) is 9.02. The highest BCUT2D eigenvalue weighted by Gasteiger charge is 2.56. The van der Waals surface area contributed by atoms with Gasteiger partial charge in [-0.25, -0.2) is 0 Å². The third-order valence-corrected chi connectivity index (χ3v) is 7.28. The van der Waals surface area contributed by atoms with Gasteiger partial charge in [0, 0.05) is 11.3 Å². The Balaban J connectivity index is 2.15. The van der Waals surface area contributed by atoms with Gasteiger partial charge in [0.2, 0.25) is 0 Å². The number of fused-ring (bicyclic) bond motifs is 3. The van der Waals surface area contributed by atoms with Gasteiger partial charge in [0.1, 0.15) is 0 Å². The van der Waals surface area contributed by atoms with Gasteiger partial charge in [-0.2, -0.15) is 0 Å².